The van der Waals surface area contributed by atoms with Crippen molar-refractivity contribution in [2.45, 2.75) is 13.8 Å². The van der Waals surface area contributed by atoms with Gasteiger partial charge in [-0.05, 0) is 36.9 Å². The second-order valence-electron chi connectivity index (χ2n) is 4.89. The third-order valence-electron chi connectivity index (χ3n) is 3.54. The van der Waals surface area contributed by atoms with Crippen molar-refractivity contribution < 1.29 is 0 Å². The number of fused-ring (bicyclic) bond motifs is 1. The van der Waals surface area contributed by atoms with Gasteiger partial charge in [-0.1, -0.05) is 36.4 Å². The number of hydrogen-bond acceptors (Lipinski definition) is 3. The van der Waals surface area contributed by atoms with Gasteiger partial charge in [-0.2, -0.15) is 4.98 Å². The van der Waals surface area contributed by atoms with Crippen molar-refractivity contribution in [1.82, 2.24) is 9.97 Å². The lowest BCUT2D eigenvalue weighted by atomic mass is 10.1. The van der Waals surface area contributed by atoms with Crippen LogP contribution in [0.5, 0.6) is 0 Å². The first-order valence-electron chi connectivity index (χ1n) is 6.95. The lowest BCUT2D eigenvalue weighted by molar-refractivity contribution is 0.966. The summed E-state index contributed by atoms with van der Waals surface area (Å²) in [4.78, 5) is 10.6. The predicted molar refractivity (Wildman–Crippen MR) is 88.4 cm³/mol. The van der Waals surface area contributed by atoms with Crippen molar-refractivity contribution in [3.63, 3.8) is 0 Å². The van der Waals surface area contributed by atoms with Crippen LogP contribution in [0.3, 0.4) is 0 Å². The molecule has 1 aromatic heterocycles. The van der Waals surface area contributed by atoms with Gasteiger partial charge in [0, 0.05) is 23.7 Å². The van der Waals surface area contributed by atoms with Crippen molar-refractivity contribution in [3.8, 4) is 0 Å². The average Bonchev–Trinajstić information content (AvgIpc) is 2.51. The molecule has 0 radical (unpaired) electrons. The van der Waals surface area contributed by atoms with Crippen LogP contribution in [0.15, 0.2) is 48.7 Å². The van der Waals surface area contributed by atoms with Gasteiger partial charge in [-0.15, -0.1) is 0 Å². The molecule has 0 fully saturated rings. The monoisotopic (exact) mass is 297 g/mol. The second kappa shape index (κ2) is 5.70. The zero-order chi connectivity index (χ0) is 14.8. The molecule has 0 unspecified atom stereocenters. The van der Waals surface area contributed by atoms with Crippen LogP contribution < -0.4 is 4.90 Å². The van der Waals surface area contributed by atoms with Gasteiger partial charge < -0.3 is 4.90 Å². The van der Waals surface area contributed by atoms with Gasteiger partial charge in [0.05, 0.1) is 5.69 Å². The van der Waals surface area contributed by atoms with Gasteiger partial charge in [0.25, 0.3) is 0 Å². The number of aryl methyl sites for hydroxylation is 1. The van der Waals surface area contributed by atoms with Crippen molar-refractivity contribution in [3.05, 3.63) is 59.5 Å². The molecule has 0 spiro atoms. The van der Waals surface area contributed by atoms with Gasteiger partial charge in [-0.25, -0.2) is 4.98 Å². The number of rotatable bonds is 3. The van der Waals surface area contributed by atoms with Gasteiger partial charge in [0.15, 0.2) is 0 Å². The van der Waals surface area contributed by atoms with Crippen LogP contribution in [0, 0.1) is 6.92 Å². The van der Waals surface area contributed by atoms with Crippen molar-refractivity contribution >= 4 is 33.9 Å². The van der Waals surface area contributed by atoms with E-state index in [9.17, 15) is 0 Å². The normalized spacial score (nSPS) is 10.8. The lowest BCUT2D eigenvalue weighted by Gasteiger charge is -2.25. The molecule has 0 aliphatic carbocycles. The van der Waals surface area contributed by atoms with Crippen LogP contribution in [-0.4, -0.2) is 16.5 Å². The van der Waals surface area contributed by atoms with Crippen molar-refractivity contribution in [2.75, 3.05) is 11.4 Å². The fourth-order valence-electron chi connectivity index (χ4n) is 2.56. The highest BCUT2D eigenvalue weighted by atomic mass is 35.5. The van der Waals surface area contributed by atoms with E-state index in [4.69, 9.17) is 11.6 Å². The number of aromatic nitrogens is 2. The van der Waals surface area contributed by atoms with E-state index in [-0.39, 0.29) is 5.28 Å². The summed E-state index contributed by atoms with van der Waals surface area (Å²) in [5, 5.41) is 2.69. The summed E-state index contributed by atoms with van der Waals surface area (Å²) in [7, 11) is 0. The summed E-state index contributed by atoms with van der Waals surface area (Å²) in [6.07, 6.45) is 1.76. The topological polar surface area (TPSA) is 29.0 Å². The Labute approximate surface area is 129 Å². The van der Waals surface area contributed by atoms with Crippen LogP contribution in [-0.2, 0) is 0 Å². The minimum Gasteiger partial charge on any atom is -0.326 e. The van der Waals surface area contributed by atoms with Crippen molar-refractivity contribution in [2.24, 2.45) is 0 Å². The molecule has 0 saturated heterocycles. The molecule has 0 amide bonds. The highest BCUT2D eigenvalue weighted by Crippen LogP contribution is 2.32. The molecule has 2 aromatic carbocycles. The minimum atomic E-state index is 0.272. The Hall–Kier alpha value is -2.13. The van der Waals surface area contributed by atoms with Crippen LogP contribution in [0.2, 0.25) is 5.28 Å². The third kappa shape index (κ3) is 2.57. The summed E-state index contributed by atoms with van der Waals surface area (Å²) in [6, 6.07) is 14.7. The molecule has 3 nitrogen and oxygen atoms in total. The minimum absolute atomic E-state index is 0.272. The molecule has 3 aromatic rings. The quantitative estimate of drug-likeness (QED) is 0.653. The van der Waals surface area contributed by atoms with Crippen LogP contribution in [0.1, 0.15) is 12.5 Å². The molecular formula is C17H16ClN3. The van der Waals surface area contributed by atoms with E-state index in [1.54, 1.807) is 6.20 Å². The summed E-state index contributed by atoms with van der Waals surface area (Å²) in [6.45, 7) is 4.92. The van der Waals surface area contributed by atoms with Crippen molar-refractivity contribution in [1.29, 1.82) is 0 Å². The van der Waals surface area contributed by atoms with Gasteiger partial charge in [0.2, 0.25) is 5.28 Å². The molecule has 4 heteroatoms. The van der Waals surface area contributed by atoms with E-state index < -0.39 is 0 Å². The largest absolute Gasteiger partial charge is 0.326 e. The maximum atomic E-state index is 5.97. The smallest absolute Gasteiger partial charge is 0.224 e. The molecule has 0 aliphatic rings. The molecule has 0 aliphatic heterocycles. The molecule has 0 bridgehead atoms. The first kappa shape index (κ1) is 13.8. The lowest BCUT2D eigenvalue weighted by Crippen LogP contribution is -2.19. The van der Waals surface area contributed by atoms with Gasteiger partial charge >= 0.3 is 0 Å². The molecule has 3 rings (SSSR count). The Bertz CT molecular complexity index is 781. The van der Waals surface area contributed by atoms with E-state index in [2.05, 4.69) is 64.3 Å². The fourth-order valence-corrected chi connectivity index (χ4v) is 2.69. The number of hydrogen-bond donors (Lipinski definition) is 0. The highest BCUT2D eigenvalue weighted by molar-refractivity contribution is 6.28. The fraction of sp³-hybridized carbons (Fsp3) is 0.176. The summed E-state index contributed by atoms with van der Waals surface area (Å²) in [5.41, 5.74) is 2.14. The second-order valence-corrected chi connectivity index (χ2v) is 5.23. The molecule has 106 valence electrons. The SMILES string of the molecule is CCN(c1nc(Cl)ncc1C)c1cccc2ccccc12. The maximum Gasteiger partial charge on any atom is 0.224 e. The van der Waals surface area contributed by atoms with E-state index in [0.717, 1.165) is 23.6 Å². The molecule has 0 atom stereocenters. The van der Waals surface area contributed by atoms with E-state index in [1.807, 2.05) is 6.92 Å². The first-order chi connectivity index (χ1) is 10.2. The van der Waals surface area contributed by atoms with Crippen LogP contribution >= 0.6 is 11.6 Å². The van der Waals surface area contributed by atoms with Crippen LogP contribution in [0.25, 0.3) is 10.8 Å². The Balaban J connectivity index is 2.21. The zero-order valence-electron chi connectivity index (χ0n) is 12.0. The number of benzene rings is 2. The first-order valence-corrected chi connectivity index (χ1v) is 7.33. The van der Waals surface area contributed by atoms with E-state index in [0.29, 0.717) is 0 Å². The number of nitrogens with zero attached hydrogens (tertiary/aromatic N) is 3. The Morgan fingerprint density at radius 2 is 1.86 bits per heavy atom. The third-order valence-corrected chi connectivity index (χ3v) is 3.73. The predicted octanol–water partition coefficient (Wildman–Crippen LogP) is 4.75. The Morgan fingerprint density at radius 1 is 1.10 bits per heavy atom. The summed E-state index contributed by atoms with van der Waals surface area (Å²) in [5.74, 6) is 0.855. The van der Waals surface area contributed by atoms with Gasteiger partial charge in [-0.3, -0.25) is 0 Å². The molecule has 21 heavy (non-hydrogen) atoms. The highest BCUT2D eigenvalue weighted by Gasteiger charge is 2.14. The molecule has 0 saturated carbocycles. The van der Waals surface area contributed by atoms with Crippen LogP contribution in [0.4, 0.5) is 11.5 Å². The molecular weight excluding hydrogens is 282 g/mol. The molecule has 0 N–H and O–H groups in total. The Morgan fingerprint density at radius 3 is 2.67 bits per heavy atom. The Kier molecular flexibility index (Phi) is 3.76. The standard InChI is InChI=1S/C17H16ClN3/c1-3-21(16-12(2)11-19-17(18)20-16)15-10-6-8-13-7-4-5-9-14(13)15/h4-11H,3H2,1-2H3. The molecule has 1 heterocycles. The summed E-state index contributed by atoms with van der Waals surface area (Å²) < 4.78 is 0. The van der Waals surface area contributed by atoms with Gasteiger partial charge in [0.1, 0.15) is 5.82 Å². The van der Waals surface area contributed by atoms with E-state index >= 15 is 0 Å². The average molecular weight is 298 g/mol. The zero-order valence-corrected chi connectivity index (χ0v) is 12.8. The number of anilines is 2. The number of halogens is 1. The maximum absolute atomic E-state index is 5.97. The van der Waals surface area contributed by atoms with E-state index in [1.165, 1.54) is 10.8 Å². The summed E-state index contributed by atoms with van der Waals surface area (Å²) >= 11 is 5.97.